The van der Waals surface area contributed by atoms with Crippen LogP contribution in [0.5, 0.6) is 5.75 Å². The van der Waals surface area contributed by atoms with Crippen molar-refractivity contribution in [3.8, 4) is 5.75 Å². The molecule has 0 fully saturated rings. The van der Waals surface area contributed by atoms with E-state index < -0.39 is 0 Å². The molecule has 0 atom stereocenters. The maximum absolute atomic E-state index is 12.6. The van der Waals surface area contributed by atoms with Gasteiger partial charge < -0.3 is 9.64 Å². The lowest BCUT2D eigenvalue weighted by molar-refractivity contribution is 0.0777. The normalized spacial score (nSPS) is 10.8. The van der Waals surface area contributed by atoms with Gasteiger partial charge in [0.1, 0.15) is 5.75 Å². The summed E-state index contributed by atoms with van der Waals surface area (Å²) >= 11 is 11.9. The average molecular weight is 408 g/mol. The molecule has 7 nitrogen and oxygen atoms in total. The van der Waals surface area contributed by atoms with Crippen molar-refractivity contribution in [3.63, 3.8) is 0 Å². The van der Waals surface area contributed by atoms with Crippen LogP contribution in [0, 0.1) is 0 Å². The van der Waals surface area contributed by atoms with Crippen LogP contribution in [0.15, 0.2) is 42.9 Å². The number of amides is 1. The van der Waals surface area contributed by atoms with Gasteiger partial charge in [-0.25, -0.2) is 4.68 Å². The molecule has 2 aromatic heterocycles. The standard InChI is InChI=1S/C18H19Cl2N5O2/c1-3-24-11-13(9-21-24)10-23(2)18(26)16-6-7-25(22-16)12-27-17-5-4-14(19)8-15(17)20/h4-9,11H,3,10,12H2,1-2H3. The van der Waals surface area contributed by atoms with Crippen LogP contribution in [0.1, 0.15) is 23.0 Å². The van der Waals surface area contributed by atoms with Gasteiger partial charge in [0, 0.05) is 43.1 Å². The topological polar surface area (TPSA) is 65.2 Å². The predicted molar refractivity (Wildman–Crippen MR) is 103 cm³/mol. The van der Waals surface area contributed by atoms with Crippen molar-refractivity contribution in [1.29, 1.82) is 0 Å². The van der Waals surface area contributed by atoms with E-state index in [1.807, 2.05) is 17.8 Å². The van der Waals surface area contributed by atoms with Crippen molar-refractivity contribution in [1.82, 2.24) is 24.5 Å². The van der Waals surface area contributed by atoms with E-state index in [0.717, 1.165) is 12.1 Å². The summed E-state index contributed by atoms with van der Waals surface area (Å²) in [5.74, 6) is 0.317. The highest BCUT2D eigenvalue weighted by Crippen LogP contribution is 2.27. The number of carbonyl (C=O) groups excluding carboxylic acids is 1. The molecular formula is C18H19Cl2N5O2. The molecular weight excluding hydrogens is 389 g/mol. The minimum absolute atomic E-state index is 0.127. The Labute approximate surface area is 167 Å². The second-order valence-corrected chi connectivity index (χ2v) is 6.80. The third kappa shape index (κ3) is 4.81. The number of hydrogen-bond acceptors (Lipinski definition) is 4. The Hall–Kier alpha value is -2.51. The molecule has 0 unspecified atom stereocenters. The van der Waals surface area contributed by atoms with Gasteiger partial charge in [-0.1, -0.05) is 23.2 Å². The van der Waals surface area contributed by atoms with E-state index in [2.05, 4.69) is 10.2 Å². The van der Waals surface area contributed by atoms with Gasteiger partial charge in [0.25, 0.3) is 5.91 Å². The van der Waals surface area contributed by atoms with Crippen LogP contribution in [0.25, 0.3) is 0 Å². The van der Waals surface area contributed by atoms with Gasteiger partial charge in [0.15, 0.2) is 12.4 Å². The van der Waals surface area contributed by atoms with Crippen molar-refractivity contribution in [2.24, 2.45) is 0 Å². The SMILES string of the molecule is CCn1cc(CN(C)C(=O)c2ccn(COc3ccc(Cl)cc3Cl)n2)cn1. The summed E-state index contributed by atoms with van der Waals surface area (Å²) in [4.78, 5) is 14.1. The molecule has 27 heavy (non-hydrogen) atoms. The zero-order valence-corrected chi connectivity index (χ0v) is 16.5. The summed E-state index contributed by atoms with van der Waals surface area (Å²) in [6.45, 7) is 3.39. The van der Waals surface area contributed by atoms with Crippen LogP contribution < -0.4 is 4.74 Å². The third-order valence-corrected chi connectivity index (χ3v) is 4.41. The highest BCUT2D eigenvalue weighted by atomic mass is 35.5. The first-order chi connectivity index (χ1) is 13.0. The highest BCUT2D eigenvalue weighted by molar-refractivity contribution is 6.35. The van der Waals surface area contributed by atoms with Crippen LogP contribution >= 0.6 is 23.2 Å². The summed E-state index contributed by atoms with van der Waals surface area (Å²) in [6, 6.07) is 6.63. The van der Waals surface area contributed by atoms with Crippen LogP contribution in [0.2, 0.25) is 10.0 Å². The Morgan fingerprint density at radius 1 is 1.26 bits per heavy atom. The minimum atomic E-state index is -0.178. The van der Waals surface area contributed by atoms with E-state index in [0.29, 0.717) is 28.0 Å². The lowest BCUT2D eigenvalue weighted by atomic mass is 10.3. The van der Waals surface area contributed by atoms with Gasteiger partial charge in [-0.15, -0.1) is 0 Å². The first kappa shape index (κ1) is 19.3. The van der Waals surface area contributed by atoms with Gasteiger partial charge in [-0.3, -0.25) is 9.48 Å². The second-order valence-electron chi connectivity index (χ2n) is 5.95. The van der Waals surface area contributed by atoms with E-state index in [1.54, 1.807) is 48.6 Å². The molecule has 0 spiro atoms. The Balaban J connectivity index is 1.59. The molecule has 2 heterocycles. The maximum atomic E-state index is 12.6. The largest absolute Gasteiger partial charge is 0.470 e. The highest BCUT2D eigenvalue weighted by Gasteiger charge is 2.16. The Morgan fingerprint density at radius 3 is 2.78 bits per heavy atom. The summed E-state index contributed by atoms with van der Waals surface area (Å²) in [5, 5.41) is 9.43. The third-order valence-electron chi connectivity index (χ3n) is 3.88. The first-order valence-electron chi connectivity index (χ1n) is 8.34. The molecule has 142 valence electrons. The van der Waals surface area contributed by atoms with Crippen molar-refractivity contribution >= 4 is 29.1 Å². The molecule has 0 aliphatic rings. The van der Waals surface area contributed by atoms with Gasteiger partial charge >= 0.3 is 0 Å². The number of hydrogen-bond donors (Lipinski definition) is 0. The van der Waals surface area contributed by atoms with Gasteiger partial charge in [0.2, 0.25) is 0 Å². The maximum Gasteiger partial charge on any atom is 0.274 e. The molecule has 0 saturated carbocycles. The van der Waals surface area contributed by atoms with Crippen molar-refractivity contribution in [2.75, 3.05) is 7.05 Å². The molecule has 3 aromatic rings. The molecule has 1 aromatic carbocycles. The molecule has 0 saturated heterocycles. The molecule has 0 bridgehead atoms. The Morgan fingerprint density at radius 2 is 2.07 bits per heavy atom. The quantitative estimate of drug-likeness (QED) is 0.598. The Bertz CT molecular complexity index is 937. The van der Waals surface area contributed by atoms with Gasteiger partial charge in [-0.05, 0) is 31.2 Å². The minimum Gasteiger partial charge on any atom is -0.470 e. The van der Waals surface area contributed by atoms with Crippen LogP contribution in [-0.4, -0.2) is 37.4 Å². The number of benzene rings is 1. The number of aryl methyl sites for hydroxylation is 1. The van der Waals surface area contributed by atoms with E-state index in [4.69, 9.17) is 27.9 Å². The first-order valence-corrected chi connectivity index (χ1v) is 9.10. The summed E-state index contributed by atoms with van der Waals surface area (Å²) < 4.78 is 8.97. The lowest BCUT2D eigenvalue weighted by Crippen LogP contribution is -2.26. The molecule has 1 amide bonds. The molecule has 0 aliphatic heterocycles. The van der Waals surface area contributed by atoms with Crippen molar-refractivity contribution < 1.29 is 9.53 Å². The van der Waals surface area contributed by atoms with E-state index in [1.165, 1.54) is 4.68 Å². The average Bonchev–Trinajstić information content (AvgIpc) is 3.29. The zero-order valence-electron chi connectivity index (χ0n) is 15.0. The van der Waals surface area contributed by atoms with Crippen molar-refractivity contribution in [3.05, 3.63) is 64.2 Å². The summed E-state index contributed by atoms with van der Waals surface area (Å²) in [6.07, 6.45) is 5.36. The molecule has 9 heteroatoms. The zero-order chi connectivity index (χ0) is 19.4. The van der Waals surface area contributed by atoms with Gasteiger partial charge in [-0.2, -0.15) is 10.2 Å². The van der Waals surface area contributed by atoms with E-state index in [9.17, 15) is 4.79 Å². The fourth-order valence-electron chi connectivity index (χ4n) is 2.48. The fraction of sp³-hybridized carbons (Fsp3) is 0.278. The number of carbonyl (C=O) groups is 1. The fourth-order valence-corrected chi connectivity index (χ4v) is 2.94. The van der Waals surface area contributed by atoms with Crippen LogP contribution in [-0.2, 0) is 19.8 Å². The number of halogens is 2. The number of rotatable bonds is 7. The summed E-state index contributed by atoms with van der Waals surface area (Å²) in [7, 11) is 1.73. The smallest absolute Gasteiger partial charge is 0.274 e. The van der Waals surface area contributed by atoms with E-state index in [-0.39, 0.29) is 12.6 Å². The molecule has 0 radical (unpaired) electrons. The molecule has 0 aliphatic carbocycles. The number of nitrogens with zero attached hydrogens (tertiary/aromatic N) is 5. The monoisotopic (exact) mass is 407 g/mol. The lowest BCUT2D eigenvalue weighted by Gasteiger charge is -2.14. The molecule has 0 N–H and O–H groups in total. The van der Waals surface area contributed by atoms with E-state index >= 15 is 0 Å². The molecule has 3 rings (SSSR count). The van der Waals surface area contributed by atoms with Crippen LogP contribution in [0.4, 0.5) is 0 Å². The second kappa shape index (κ2) is 8.45. The predicted octanol–water partition coefficient (Wildman–Crippen LogP) is 3.72. The number of aromatic nitrogens is 4. The van der Waals surface area contributed by atoms with Crippen LogP contribution in [0.3, 0.4) is 0 Å². The number of ether oxygens (including phenoxy) is 1. The van der Waals surface area contributed by atoms with Crippen molar-refractivity contribution in [2.45, 2.75) is 26.7 Å². The van der Waals surface area contributed by atoms with Gasteiger partial charge in [0.05, 0.1) is 11.2 Å². The summed E-state index contributed by atoms with van der Waals surface area (Å²) in [5.41, 5.74) is 1.30. The Kier molecular flexibility index (Phi) is 6.03.